The number of benzene rings is 1. The van der Waals surface area contributed by atoms with Gasteiger partial charge in [0.15, 0.2) is 17.0 Å². The normalized spacial score (nSPS) is 18.9. The first-order chi connectivity index (χ1) is 13.4. The van der Waals surface area contributed by atoms with Gasteiger partial charge in [-0.2, -0.15) is 0 Å². The molecule has 0 radical (unpaired) electrons. The fourth-order valence-corrected chi connectivity index (χ4v) is 3.51. The fourth-order valence-electron chi connectivity index (χ4n) is 2.30. The molecule has 1 atom stereocenters. The average molecular weight is 415 g/mol. The average Bonchev–Trinajstić information content (AvgIpc) is 3.06. The number of carboxylic acids is 1. The van der Waals surface area contributed by atoms with Crippen LogP contribution in [0, 0.1) is 0 Å². The third kappa shape index (κ3) is 5.74. The van der Waals surface area contributed by atoms with Crippen molar-refractivity contribution in [2.45, 2.75) is 12.5 Å². The number of aromatic hydroxyl groups is 2. The smallest absolute Gasteiger partial charge is 0.332 e. The van der Waals surface area contributed by atoms with Crippen molar-refractivity contribution in [3.8, 4) is 17.2 Å². The molecule has 2 rings (SSSR count). The van der Waals surface area contributed by atoms with Crippen LogP contribution in [0.15, 0.2) is 17.1 Å². The van der Waals surface area contributed by atoms with Crippen LogP contribution in [0.1, 0.15) is 12.5 Å². The number of aliphatic carboxylic acids is 1. The first kappa shape index (κ1) is 22.3. The molecule has 0 saturated heterocycles. The van der Waals surface area contributed by atoms with Gasteiger partial charge in [-0.3, -0.25) is 4.99 Å². The molecule has 0 aromatic heterocycles. The van der Waals surface area contributed by atoms with E-state index in [0.717, 1.165) is 0 Å². The molecule has 1 aromatic rings. The summed E-state index contributed by atoms with van der Waals surface area (Å²) in [5, 5.41) is 29.7. The SMILES string of the molecule is COCCOCCOCCOc1ccc(O)c(O)c1C1=NC(C)(C(=O)O)CS1. The number of rotatable bonds is 12. The Kier molecular flexibility index (Phi) is 8.36. The summed E-state index contributed by atoms with van der Waals surface area (Å²) in [6.07, 6.45) is 0. The number of nitrogens with zero attached hydrogens (tertiary/aromatic N) is 1. The molecule has 0 bridgehead atoms. The molecule has 0 aliphatic carbocycles. The Morgan fingerprint density at radius 1 is 1.14 bits per heavy atom. The lowest BCUT2D eigenvalue weighted by Crippen LogP contribution is -2.33. The van der Waals surface area contributed by atoms with E-state index in [2.05, 4.69) is 4.99 Å². The molecule has 28 heavy (non-hydrogen) atoms. The Morgan fingerprint density at radius 2 is 1.79 bits per heavy atom. The Hall–Kier alpha value is -2.01. The number of hydrogen-bond donors (Lipinski definition) is 3. The molecule has 1 unspecified atom stereocenters. The van der Waals surface area contributed by atoms with Crippen LogP contribution < -0.4 is 4.74 Å². The van der Waals surface area contributed by atoms with Crippen LogP contribution in [0.4, 0.5) is 0 Å². The number of aliphatic imine (C=N–C) groups is 1. The predicted molar refractivity (Wildman–Crippen MR) is 104 cm³/mol. The van der Waals surface area contributed by atoms with Crippen LogP contribution in [0.25, 0.3) is 0 Å². The molecule has 156 valence electrons. The van der Waals surface area contributed by atoms with Crippen LogP contribution in [-0.4, -0.2) is 84.4 Å². The largest absolute Gasteiger partial charge is 0.504 e. The Bertz CT molecular complexity index is 711. The van der Waals surface area contributed by atoms with Gasteiger partial charge in [0.2, 0.25) is 0 Å². The third-order valence-electron chi connectivity index (χ3n) is 3.92. The van der Waals surface area contributed by atoms with Crippen molar-refractivity contribution in [2.24, 2.45) is 4.99 Å². The number of carbonyl (C=O) groups is 1. The van der Waals surface area contributed by atoms with Gasteiger partial charge in [0.1, 0.15) is 17.4 Å². The van der Waals surface area contributed by atoms with Crippen molar-refractivity contribution in [3.63, 3.8) is 0 Å². The van der Waals surface area contributed by atoms with E-state index >= 15 is 0 Å². The quantitative estimate of drug-likeness (QED) is 0.344. The second-order valence-corrected chi connectivity index (χ2v) is 7.12. The number of methoxy groups -OCH3 is 1. The molecular weight excluding hydrogens is 390 g/mol. The standard InChI is InChI=1S/C18H25NO8S/c1-18(17(22)23)11-28-16(19-18)14-13(4-3-12(20)15(14)21)27-10-9-26-8-7-25-6-5-24-2/h3-4,20-21H,5-11H2,1-2H3,(H,22,23). The zero-order chi connectivity index (χ0) is 20.6. The molecule has 3 N–H and O–H groups in total. The summed E-state index contributed by atoms with van der Waals surface area (Å²) in [5.74, 6) is -1.28. The first-order valence-electron chi connectivity index (χ1n) is 8.67. The van der Waals surface area contributed by atoms with Crippen molar-refractivity contribution < 1.29 is 39.1 Å². The van der Waals surface area contributed by atoms with Crippen LogP contribution in [0.3, 0.4) is 0 Å². The molecule has 0 fully saturated rings. The number of phenols is 2. The highest BCUT2D eigenvalue weighted by Crippen LogP contribution is 2.42. The van der Waals surface area contributed by atoms with E-state index < -0.39 is 17.3 Å². The van der Waals surface area contributed by atoms with Crippen molar-refractivity contribution in [1.82, 2.24) is 0 Å². The highest BCUT2D eigenvalue weighted by Gasteiger charge is 2.40. The second-order valence-electron chi connectivity index (χ2n) is 6.16. The Morgan fingerprint density at radius 3 is 2.39 bits per heavy atom. The number of ether oxygens (including phenoxy) is 4. The summed E-state index contributed by atoms with van der Waals surface area (Å²) in [4.78, 5) is 15.6. The van der Waals surface area contributed by atoms with Crippen molar-refractivity contribution in [2.75, 3.05) is 52.5 Å². The summed E-state index contributed by atoms with van der Waals surface area (Å²) in [6.45, 7) is 3.86. The molecule has 10 heteroatoms. The van der Waals surface area contributed by atoms with Gasteiger partial charge in [0.05, 0.1) is 38.6 Å². The fraction of sp³-hybridized carbons (Fsp3) is 0.556. The minimum atomic E-state index is -1.29. The van der Waals surface area contributed by atoms with Gasteiger partial charge in [-0.15, -0.1) is 11.8 Å². The van der Waals surface area contributed by atoms with Gasteiger partial charge in [-0.1, -0.05) is 0 Å². The molecule has 9 nitrogen and oxygen atoms in total. The van der Waals surface area contributed by atoms with Crippen LogP contribution in [-0.2, 0) is 19.0 Å². The lowest BCUT2D eigenvalue weighted by molar-refractivity contribution is -0.141. The van der Waals surface area contributed by atoms with Gasteiger partial charge >= 0.3 is 5.97 Å². The van der Waals surface area contributed by atoms with Gasteiger partial charge in [-0.25, -0.2) is 4.79 Å². The van der Waals surface area contributed by atoms with Crippen LogP contribution >= 0.6 is 11.8 Å². The lowest BCUT2D eigenvalue weighted by atomic mass is 10.1. The highest BCUT2D eigenvalue weighted by atomic mass is 32.2. The number of hydrogen-bond acceptors (Lipinski definition) is 9. The maximum atomic E-state index is 11.4. The summed E-state index contributed by atoms with van der Waals surface area (Å²) in [7, 11) is 1.60. The maximum Gasteiger partial charge on any atom is 0.332 e. The molecule has 1 aliphatic heterocycles. The Balaban J connectivity index is 1.95. The molecule has 0 amide bonds. The molecular formula is C18H25NO8S. The second kappa shape index (κ2) is 10.5. The summed E-state index contributed by atoms with van der Waals surface area (Å²) in [5.41, 5.74) is -1.11. The van der Waals surface area contributed by atoms with Gasteiger partial charge in [0, 0.05) is 12.9 Å². The van der Waals surface area contributed by atoms with Crippen molar-refractivity contribution in [1.29, 1.82) is 0 Å². The van der Waals surface area contributed by atoms with Crippen molar-refractivity contribution in [3.05, 3.63) is 17.7 Å². The van der Waals surface area contributed by atoms with E-state index in [1.807, 2.05) is 0 Å². The maximum absolute atomic E-state index is 11.4. The summed E-state index contributed by atoms with van der Waals surface area (Å²) < 4.78 is 21.2. The minimum Gasteiger partial charge on any atom is -0.504 e. The predicted octanol–water partition coefficient (Wildman–Crippen LogP) is 1.49. The Labute approximate surface area is 167 Å². The van der Waals surface area contributed by atoms with E-state index in [4.69, 9.17) is 18.9 Å². The van der Waals surface area contributed by atoms with Crippen LogP contribution in [0.5, 0.6) is 17.2 Å². The van der Waals surface area contributed by atoms with E-state index in [9.17, 15) is 20.1 Å². The molecule has 1 heterocycles. The first-order valence-corrected chi connectivity index (χ1v) is 9.66. The molecule has 1 aliphatic rings. The van der Waals surface area contributed by atoms with E-state index in [0.29, 0.717) is 38.1 Å². The molecule has 0 saturated carbocycles. The van der Waals surface area contributed by atoms with Gasteiger partial charge < -0.3 is 34.3 Å². The van der Waals surface area contributed by atoms with E-state index in [1.54, 1.807) is 7.11 Å². The number of carboxylic acid groups (broad SMARTS) is 1. The zero-order valence-electron chi connectivity index (χ0n) is 15.8. The van der Waals surface area contributed by atoms with Crippen LogP contribution in [0.2, 0.25) is 0 Å². The highest BCUT2D eigenvalue weighted by molar-refractivity contribution is 8.14. The number of phenolic OH excluding ortho intramolecular Hbond substituents is 2. The lowest BCUT2D eigenvalue weighted by Gasteiger charge is -2.14. The summed E-state index contributed by atoms with van der Waals surface area (Å²) in [6, 6.07) is 2.80. The molecule has 1 aromatic carbocycles. The monoisotopic (exact) mass is 415 g/mol. The summed E-state index contributed by atoms with van der Waals surface area (Å²) >= 11 is 1.18. The molecule has 0 spiro atoms. The van der Waals surface area contributed by atoms with Gasteiger partial charge in [0.25, 0.3) is 0 Å². The topological polar surface area (TPSA) is 127 Å². The van der Waals surface area contributed by atoms with E-state index in [-0.39, 0.29) is 29.4 Å². The zero-order valence-corrected chi connectivity index (χ0v) is 16.7. The number of thioether (sulfide) groups is 1. The van der Waals surface area contributed by atoms with Crippen molar-refractivity contribution >= 4 is 22.8 Å². The van der Waals surface area contributed by atoms with Gasteiger partial charge in [-0.05, 0) is 19.1 Å². The van der Waals surface area contributed by atoms with E-state index in [1.165, 1.54) is 30.8 Å². The third-order valence-corrected chi connectivity index (χ3v) is 5.20. The minimum absolute atomic E-state index is 0.179.